The SMILES string of the molecule is C[C@H]1c2nc(-c3ccccc3)nn2CCN1C(=O)c1cncs1. The zero-order chi connectivity index (χ0) is 15.8. The Kier molecular flexibility index (Phi) is 3.42. The number of thiazole rings is 1. The van der Waals surface area contributed by atoms with E-state index in [0.717, 1.165) is 11.4 Å². The van der Waals surface area contributed by atoms with Crippen molar-refractivity contribution < 1.29 is 4.79 Å². The molecular weight excluding hydrogens is 310 g/mol. The third-order valence-corrected chi connectivity index (χ3v) is 4.79. The van der Waals surface area contributed by atoms with Gasteiger partial charge in [0.05, 0.1) is 24.3 Å². The fourth-order valence-corrected chi connectivity index (χ4v) is 3.39. The summed E-state index contributed by atoms with van der Waals surface area (Å²) in [5, 5.41) is 4.59. The van der Waals surface area contributed by atoms with Crippen LogP contribution in [0.25, 0.3) is 11.4 Å². The highest BCUT2D eigenvalue weighted by Crippen LogP contribution is 2.28. The molecule has 0 saturated carbocycles. The van der Waals surface area contributed by atoms with Crippen molar-refractivity contribution in [3.05, 3.63) is 52.7 Å². The van der Waals surface area contributed by atoms with Crippen LogP contribution in [-0.4, -0.2) is 37.1 Å². The topological polar surface area (TPSA) is 63.9 Å². The van der Waals surface area contributed by atoms with Gasteiger partial charge in [-0.3, -0.25) is 9.78 Å². The van der Waals surface area contributed by atoms with Gasteiger partial charge >= 0.3 is 0 Å². The lowest BCUT2D eigenvalue weighted by atomic mass is 10.2. The monoisotopic (exact) mass is 325 g/mol. The van der Waals surface area contributed by atoms with E-state index < -0.39 is 0 Å². The average molecular weight is 325 g/mol. The molecule has 0 aliphatic carbocycles. The van der Waals surface area contributed by atoms with Crippen molar-refractivity contribution in [3.63, 3.8) is 0 Å². The summed E-state index contributed by atoms with van der Waals surface area (Å²) < 4.78 is 1.91. The number of carbonyl (C=O) groups excluding carboxylic acids is 1. The number of benzene rings is 1. The van der Waals surface area contributed by atoms with Crippen molar-refractivity contribution in [2.24, 2.45) is 0 Å². The highest BCUT2D eigenvalue weighted by atomic mass is 32.1. The van der Waals surface area contributed by atoms with Crippen LogP contribution in [0.15, 0.2) is 42.0 Å². The molecule has 1 aliphatic heterocycles. The number of rotatable bonds is 2. The lowest BCUT2D eigenvalue weighted by molar-refractivity contribution is 0.0635. The maximum Gasteiger partial charge on any atom is 0.266 e. The van der Waals surface area contributed by atoms with Gasteiger partial charge in [-0.05, 0) is 6.92 Å². The number of hydrogen-bond acceptors (Lipinski definition) is 5. The number of hydrogen-bond donors (Lipinski definition) is 0. The van der Waals surface area contributed by atoms with E-state index in [1.165, 1.54) is 11.3 Å². The predicted molar refractivity (Wildman–Crippen MR) is 87.0 cm³/mol. The molecule has 1 amide bonds. The molecule has 0 radical (unpaired) electrons. The summed E-state index contributed by atoms with van der Waals surface area (Å²) >= 11 is 1.36. The van der Waals surface area contributed by atoms with Crippen LogP contribution in [0.1, 0.15) is 28.5 Å². The first-order valence-corrected chi connectivity index (χ1v) is 8.31. The van der Waals surface area contributed by atoms with Gasteiger partial charge in [0.15, 0.2) is 5.82 Å². The molecule has 1 aromatic carbocycles. The second-order valence-electron chi connectivity index (χ2n) is 5.42. The van der Waals surface area contributed by atoms with Gasteiger partial charge in [-0.1, -0.05) is 30.3 Å². The van der Waals surface area contributed by atoms with Crippen molar-refractivity contribution in [1.82, 2.24) is 24.6 Å². The molecule has 0 unspecified atom stereocenters. The maximum atomic E-state index is 12.6. The minimum atomic E-state index is -0.108. The molecule has 1 atom stereocenters. The smallest absolute Gasteiger partial charge is 0.266 e. The van der Waals surface area contributed by atoms with Gasteiger partial charge in [-0.2, -0.15) is 5.10 Å². The molecule has 3 heterocycles. The van der Waals surface area contributed by atoms with E-state index >= 15 is 0 Å². The molecule has 116 valence electrons. The highest BCUT2D eigenvalue weighted by Gasteiger charge is 2.31. The van der Waals surface area contributed by atoms with E-state index in [1.54, 1.807) is 11.7 Å². The number of nitrogens with zero attached hydrogens (tertiary/aromatic N) is 5. The van der Waals surface area contributed by atoms with Gasteiger partial charge < -0.3 is 4.90 Å². The van der Waals surface area contributed by atoms with Crippen LogP contribution < -0.4 is 0 Å². The Bertz CT molecular complexity index is 828. The Labute approximate surface area is 137 Å². The fraction of sp³-hybridized carbons (Fsp3) is 0.250. The second kappa shape index (κ2) is 5.58. The Hall–Kier alpha value is -2.54. The highest BCUT2D eigenvalue weighted by molar-refractivity contribution is 7.11. The molecule has 1 aliphatic rings. The van der Waals surface area contributed by atoms with Crippen molar-refractivity contribution >= 4 is 17.2 Å². The molecule has 4 rings (SSSR count). The van der Waals surface area contributed by atoms with Crippen LogP contribution in [0.2, 0.25) is 0 Å². The third kappa shape index (κ3) is 2.43. The summed E-state index contributed by atoms with van der Waals surface area (Å²) in [6.07, 6.45) is 1.62. The first-order valence-electron chi connectivity index (χ1n) is 7.43. The van der Waals surface area contributed by atoms with Crippen LogP contribution in [-0.2, 0) is 6.54 Å². The molecule has 3 aromatic rings. The van der Waals surface area contributed by atoms with Gasteiger partial charge in [-0.15, -0.1) is 11.3 Å². The fourth-order valence-electron chi connectivity index (χ4n) is 2.81. The van der Waals surface area contributed by atoms with Crippen LogP contribution in [0.4, 0.5) is 0 Å². The van der Waals surface area contributed by atoms with Gasteiger partial charge in [-0.25, -0.2) is 9.67 Å². The lowest BCUT2D eigenvalue weighted by Crippen LogP contribution is -2.41. The molecule has 6 nitrogen and oxygen atoms in total. The first kappa shape index (κ1) is 14.1. The Balaban J connectivity index is 1.65. The second-order valence-corrected chi connectivity index (χ2v) is 6.31. The summed E-state index contributed by atoms with van der Waals surface area (Å²) in [6.45, 7) is 3.28. The minimum Gasteiger partial charge on any atom is -0.326 e. The average Bonchev–Trinajstić information content (AvgIpc) is 3.25. The molecular formula is C16H15N5OS. The molecule has 7 heteroatoms. The summed E-state index contributed by atoms with van der Waals surface area (Å²) in [6, 6.07) is 9.79. The standard InChI is InChI=1S/C16H15N5OS/c1-11-15-18-14(12-5-3-2-4-6-12)19-21(15)8-7-20(11)16(22)13-9-17-10-23-13/h2-6,9-11H,7-8H2,1H3/t11-/m0/s1. The molecule has 0 N–H and O–H groups in total. The Morgan fingerprint density at radius 1 is 1.26 bits per heavy atom. The normalized spacial score (nSPS) is 17.1. The van der Waals surface area contributed by atoms with Crippen molar-refractivity contribution in [3.8, 4) is 11.4 Å². The van der Waals surface area contributed by atoms with E-state index in [-0.39, 0.29) is 11.9 Å². The van der Waals surface area contributed by atoms with Crippen LogP contribution in [0.3, 0.4) is 0 Å². The van der Waals surface area contributed by atoms with Crippen LogP contribution in [0, 0.1) is 0 Å². The van der Waals surface area contributed by atoms with Crippen LogP contribution >= 0.6 is 11.3 Å². The minimum absolute atomic E-state index is 0.00973. The number of carbonyl (C=O) groups is 1. The van der Waals surface area contributed by atoms with E-state index in [0.29, 0.717) is 23.8 Å². The van der Waals surface area contributed by atoms with E-state index in [9.17, 15) is 4.79 Å². The van der Waals surface area contributed by atoms with Gasteiger partial charge in [0.1, 0.15) is 10.7 Å². The Morgan fingerprint density at radius 3 is 2.83 bits per heavy atom. The molecule has 23 heavy (non-hydrogen) atoms. The number of amides is 1. The maximum absolute atomic E-state index is 12.6. The summed E-state index contributed by atoms with van der Waals surface area (Å²) in [5.74, 6) is 1.54. The van der Waals surface area contributed by atoms with Crippen LogP contribution in [0.5, 0.6) is 0 Å². The third-order valence-electron chi connectivity index (χ3n) is 4.03. The molecule has 2 aromatic heterocycles. The number of aromatic nitrogens is 4. The zero-order valence-electron chi connectivity index (χ0n) is 12.6. The van der Waals surface area contributed by atoms with E-state index in [1.807, 2.05) is 46.8 Å². The zero-order valence-corrected chi connectivity index (χ0v) is 13.4. The van der Waals surface area contributed by atoms with E-state index in [4.69, 9.17) is 0 Å². The van der Waals surface area contributed by atoms with Crippen molar-refractivity contribution in [1.29, 1.82) is 0 Å². The Morgan fingerprint density at radius 2 is 2.09 bits per heavy atom. The summed E-state index contributed by atoms with van der Waals surface area (Å²) in [5.41, 5.74) is 2.67. The molecule has 0 spiro atoms. The largest absolute Gasteiger partial charge is 0.326 e. The van der Waals surface area contributed by atoms with Gasteiger partial charge in [0.2, 0.25) is 0 Å². The molecule has 0 bridgehead atoms. The van der Waals surface area contributed by atoms with Gasteiger partial charge in [0, 0.05) is 12.1 Å². The first-order chi connectivity index (χ1) is 11.2. The molecule has 0 saturated heterocycles. The van der Waals surface area contributed by atoms with Crippen molar-refractivity contribution in [2.45, 2.75) is 19.5 Å². The quantitative estimate of drug-likeness (QED) is 0.726. The summed E-state index contributed by atoms with van der Waals surface area (Å²) in [7, 11) is 0. The molecule has 0 fully saturated rings. The number of fused-ring (bicyclic) bond motifs is 1. The lowest BCUT2D eigenvalue weighted by Gasteiger charge is -2.32. The van der Waals surface area contributed by atoms with E-state index in [2.05, 4.69) is 15.1 Å². The van der Waals surface area contributed by atoms with Crippen molar-refractivity contribution in [2.75, 3.05) is 6.54 Å². The predicted octanol–water partition coefficient (Wildman–Crippen LogP) is 2.62. The summed E-state index contributed by atoms with van der Waals surface area (Å²) in [4.78, 5) is 23.7. The van der Waals surface area contributed by atoms with Gasteiger partial charge in [0.25, 0.3) is 5.91 Å².